The lowest BCUT2D eigenvalue weighted by Crippen LogP contribution is -2.21. The van der Waals surface area contributed by atoms with Gasteiger partial charge >= 0.3 is 0 Å². The van der Waals surface area contributed by atoms with E-state index in [9.17, 15) is 0 Å². The first-order valence-corrected chi connectivity index (χ1v) is 8.91. The highest BCUT2D eigenvalue weighted by Crippen LogP contribution is 2.29. The van der Waals surface area contributed by atoms with Crippen molar-refractivity contribution in [1.82, 2.24) is 29.7 Å². The van der Waals surface area contributed by atoms with Gasteiger partial charge in [-0.2, -0.15) is 5.10 Å². The molecule has 130 valence electrons. The van der Waals surface area contributed by atoms with Crippen LogP contribution in [0.15, 0.2) is 18.6 Å². The summed E-state index contributed by atoms with van der Waals surface area (Å²) in [7, 11) is 1.97. The van der Waals surface area contributed by atoms with Crippen LogP contribution < -0.4 is 0 Å². The normalized spacial score (nSPS) is 21.6. The fourth-order valence-corrected chi connectivity index (χ4v) is 3.39. The molecular weight excluding hydrogens is 304 g/mol. The molecule has 1 atom stereocenters. The third kappa shape index (κ3) is 4.21. The zero-order valence-corrected chi connectivity index (χ0v) is 14.3. The van der Waals surface area contributed by atoms with Crippen molar-refractivity contribution in [2.75, 3.05) is 19.7 Å². The maximum atomic E-state index is 5.68. The molecule has 3 heterocycles. The molecule has 0 radical (unpaired) electrons. The molecule has 1 aliphatic carbocycles. The summed E-state index contributed by atoms with van der Waals surface area (Å²) in [4.78, 5) is 2.50. The van der Waals surface area contributed by atoms with Crippen LogP contribution in [0.25, 0.3) is 0 Å². The Morgan fingerprint density at radius 2 is 2.12 bits per heavy atom. The topological polar surface area (TPSA) is 61.0 Å². The molecule has 0 bridgehead atoms. The molecule has 0 amide bonds. The van der Waals surface area contributed by atoms with Crippen molar-refractivity contribution < 1.29 is 4.74 Å². The molecule has 0 spiro atoms. The number of hydrogen-bond donors (Lipinski definition) is 0. The number of likely N-dealkylation sites (tertiary alicyclic amines) is 1. The molecule has 0 aromatic carbocycles. The van der Waals surface area contributed by atoms with E-state index in [4.69, 9.17) is 4.74 Å². The SMILES string of the molecule is Cn1cc(CN2CCC(Cn3cc(COCC4CC4)nn3)C2)cn1. The third-order valence-corrected chi connectivity index (χ3v) is 4.87. The second-order valence-electron chi connectivity index (χ2n) is 7.30. The summed E-state index contributed by atoms with van der Waals surface area (Å²) in [5.74, 6) is 1.44. The van der Waals surface area contributed by atoms with E-state index in [0.717, 1.165) is 44.4 Å². The summed E-state index contributed by atoms with van der Waals surface area (Å²) in [6.45, 7) is 5.65. The van der Waals surface area contributed by atoms with E-state index in [0.29, 0.717) is 12.5 Å². The zero-order chi connectivity index (χ0) is 16.4. The van der Waals surface area contributed by atoms with Crippen LogP contribution in [0.2, 0.25) is 0 Å². The first-order chi connectivity index (χ1) is 11.7. The van der Waals surface area contributed by atoms with Crippen molar-refractivity contribution in [1.29, 1.82) is 0 Å². The summed E-state index contributed by atoms with van der Waals surface area (Å²) >= 11 is 0. The molecule has 1 saturated carbocycles. The first kappa shape index (κ1) is 15.8. The van der Waals surface area contributed by atoms with Crippen molar-refractivity contribution >= 4 is 0 Å². The van der Waals surface area contributed by atoms with E-state index in [-0.39, 0.29) is 0 Å². The van der Waals surface area contributed by atoms with Crippen LogP contribution in [-0.4, -0.2) is 49.4 Å². The van der Waals surface area contributed by atoms with Crippen LogP contribution >= 0.6 is 0 Å². The number of aromatic nitrogens is 5. The molecule has 2 fully saturated rings. The van der Waals surface area contributed by atoms with E-state index >= 15 is 0 Å². The van der Waals surface area contributed by atoms with Gasteiger partial charge in [-0.1, -0.05) is 5.21 Å². The zero-order valence-electron chi connectivity index (χ0n) is 14.3. The van der Waals surface area contributed by atoms with Gasteiger partial charge in [-0.3, -0.25) is 14.3 Å². The minimum absolute atomic E-state index is 0.592. The Morgan fingerprint density at radius 3 is 2.92 bits per heavy atom. The molecule has 0 N–H and O–H groups in total. The minimum Gasteiger partial charge on any atom is -0.375 e. The Labute approximate surface area is 142 Å². The standard InChI is InChI=1S/C17H26N6O/c1-21-7-16(6-18-21)9-22-5-4-15(8-22)10-23-11-17(19-20-23)13-24-12-14-2-3-14/h6-7,11,14-15H,2-5,8-10,12-13H2,1H3. The van der Waals surface area contributed by atoms with Gasteiger partial charge in [0.25, 0.3) is 0 Å². The molecule has 7 nitrogen and oxygen atoms in total. The Hall–Kier alpha value is -1.73. The van der Waals surface area contributed by atoms with Gasteiger partial charge in [-0.05, 0) is 37.6 Å². The maximum Gasteiger partial charge on any atom is 0.108 e. The Kier molecular flexibility index (Phi) is 4.62. The van der Waals surface area contributed by atoms with Crippen LogP contribution in [0, 0.1) is 11.8 Å². The molecule has 2 aromatic heterocycles. The van der Waals surface area contributed by atoms with Gasteiger partial charge < -0.3 is 4.74 Å². The predicted octanol–water partition coefficient (Wildman–Crippen LogP) is 1.46. The summed E-state index contributed by atoms with van der Waals surface area (Å²) in [6, 6.07) is 0. The minimum atomic E-state index is 0.592. The van der Waals surface area contributed by atoms with Gasteiger partial charge in [0, 0.05) is 45.0 Å². The largest absolute Gasteiger partial charge is 0.375 e. The van der Waals surface area contributed by atoms with Gasteiger partial charge in [0.05, 0.1) is 19.0 Å². The average molecular weight is 330 g/mol. The van der Waals surface area contributed by atoms with Gasteiger partial charge in [-0.15, -0.1) is 5.10 Å². The van der Waals surface area contributed by atoms with E-state index in [1.54, 1.807) is 0 Å². The Bertz CT molecular complexity index is 662. The van der Waals surface area contributed by atoms with Gasteiger partial charge in [0.1, 0.15) is 5.69 Å². The molecular formula is C17H26N6O. The van der Waals surface area contributed by atoms with E-state index < -0.39 is 0 Å². The lowest BCUT2D eigenvalue weighted by atomic mass is 10.1. The van der Waals surface area contributed by atoms with Crippen molar-refractivity contribution in [2.24, 2.45) is 18.9 Å². The monoisotopic (exact) mass is 330 g/mol. The lowest BCUT2D eigenvalue weighted by Gasteiger charge is -2.14. The second kappa shape index (κ2) is 7.03. The van der Waals surface area contributed by atoms with Gasteiger partial charge in [-0.25, -0.2) is 0 Å². The number of rotatable bonds is 8. The molecule has 2 aromatic rings. The predicted molar refractivity (Wildman–Crippen MR) is 89.0 cm³/mol. The molecule has 1 unspecified atom stereocenters. The van der Waals surface area contributed by atoms with Crippen LogP contribution in [0.3, 0.4) is 0 Å². The highest BCUT2D eigenvalue weighted by Gasteiger charge is 2.24. The Morgan fingerprint density at radius 1 is 1.21 bits per heavy atom. The van der Waals surface area contributed by atoms with Crippen molar-refractivity contribution in [2.45, 2.75) is 39.0 Å². The van der Waals surface area contributed by atoms with Crippen LogP contribution in [0.4, 0.5) is 0 Å². The number of ether oxygens (including phenoxy) is 1. The number of hydrogen-bond acceptors (Lipinski definition) is 5. The summed E-state index contributed by atoms with van der Waals surface area (Å²) in [5, 5.41) is 12.7. The molecule has 4 rings (SSSR count). The van der Waals surface area contributed by atoms with E-state index in [1.807, 2.05) is 28.8 Å². The third-order valence-electron chi connectivity index (χ3n) is 4.87. The second-order valence-corrected chi connectivity index (χ2v) is 7.30. The first-order valence-electron chi connectivity index (χ1n) is 8.91. The Balaban J connectivity index is 1.21. The molecule has 24 heavy (non-hydrogen) atoms. The van der Waals surface area contributed by atoms with E-state index in [2.05, 4.69) is 26.5 Å². The van der Waals surface area contributed by atoms with Crippen molar-refractivity contribution in [3.8, 4) is 0 Å². The van der Waals surface area contributed by atoms with Gasteiger partial charge in [0.2, 0.25) is 0 Å². The van der Waals surface area contributed by atoms with Crippen LogP contribution in [0.5, 0.6) is 0 Å². The summed E-state index contributed by atoms with van der Waals surface area (Å²) < 4.78 is 9.53. The number of nitrogens with zero attached hydrogens (tertiary/aromatic N) is 6. The quantitative estimate of drug-likeness (QED) is 0.733. The molecule has 1 saturated heterocycles. The molecule has 1 aliphatic heterocycles. The highest BCUT2D eigenvalue weighted by atomic mass is 16.5. The average Bonchev–Trinajstić information content (AvgIpc) is 2.93. The number of aryl methyl sites for hydroxylation is 1. The smallest absolute Gasteiger partial charge is 0.108 e. The van der Waals surface area contributed by atoms with Crippen LogP contribution in [-0.2, 0) is 31.5 Å². The molecule has 2 aliphatic rings. The molecule has 7 heteroatoms. The highest BCUT2D eigenvalue weighted by molar-refractivity contribution is 5.03. The maximum absolute atomic E-state index is 5.68. The van der Waals surface area contributed by atoms with Gasteiger partial charge in [0.15, 0.2) is 0 Å². The lowest BCUT2D eigenvalue weighted by molar-refractivity contribution is 0.108. The van der Waals surface area contributed by atoms with Crippen molar-refractivity contribution in [3.05, 3.63) is 29.8 Å². The van der Waals surface area contributed by atoms with E-state index in [1.165, 1.54) is 24.8 Å². The fraction of sp³-hybridized carbons (Fsp3) is 0.706. The summed E-state index contributed by atoms with van der Waals surface area (Å²) in [5.41, 5.74) is 2.23. The van der Waals surface area contributed by atoms with Crippen LogP contribution in [0.1, 0.15) is 30.5 Å². The summed E-state index contributed by atoms with van der Waals surface area (Å²) in [6.07, 6.45) is 9.95. The van der Waals surface area contributed by atoms with Crippen molar-refractivity contribution in [3.63, 3.8) is 0 Å². The fourth-order valence-electron chi connectivity index (χ4n) is 3.39.